The minimum absolute atomic E-state index is 0.0594. The molecule has 1 unspecified atom stereocenters. The summed E-state index contributed by atoms with van der Waals surface area (Å²) >= 11 is 0. The number of fused-ring (bicyclic) bond motifs is 1. The number of benzene rings is 1. The van der Waals surface area contributed by atoms with Crippen molar-refractivity contribution in [1.82, 2.24) is 9.91 Å². The van der Waals surface area contributed by atoms with Crippen LogP contribution in [0.2, 0.25) is 0 Å². The Hall–Kier alpha value is -2.30. The van der Waals surface area contributed by atoms with Crippen molar-refractivity contribution in [2.24, 2.45) is 11.0 Å². The van der Waals surface area contributed by atoms with Gasteiger partial charge in [0.2, 0.25) is 0 Å². The summed E-state index contributed by atoms with van der Waals surface area (Å²) < 4.78 is 5.36. The van der Waals surface area contributed by atoms with Crippen LogP contribution in [0.4, 0.5) is 0 Å². The number of nitrogens with zero attached hydrogens (tertiary/aromatic N) is 3. The molecule has 0 fully saturated rings. The van der Waals surface area contributed by atoms with Crippen LogP contribution in [-0.2, 0) is 11.2 Å². The number of amides is 1. The summed E-state index contributed by atoms with van der Waals surface area (Å²) in [5.41, 5.74) is 4.20. The Bertz CT molecular complexity index is 793. The SMILES string of the molecule is CCc1cc(OC)ccc1C1=NN2C(=C(C(CC)CC)CC2C)C(=O)N1C. The lowest BCUT2D eigenvalue weighted by atomic mass is 9.90. The van der Waals surface area contributed by atoms with Gasteiger partial charge in [-0.3, -0.25) is 14.7 Å². The van der Waals surface area contributed by atoms with Crippen molar-refractivity contribution in [1.29, 1.82) is 0 Å². The van der Waals surface area contributed by atoms with Crippen LogP contribution in [0.15, 0.2) is 34.6 Å². The zero-order valence-electron chi connectivity index (χ0n) is 17.4. The maximum atomic E-state index is 13.3. The molecule has 1 aromatic rings. The van der Waals surface area contributed by atoms with Crippen LogP contribution in [0.1, 0.15) is 58.1 Å². The first-order valence-electron chi connectivity index (χ1n) is 10.0. The number of amidine groups is 1. The van der Waals surface area contributed by atoms with E-state index >= 15 is 0 Å². The molecule has 5 nitrogen and oxygen atoms in total. The molecule has 0 spiro atoms. The van der Waals surface area contributed by atoms with E-state index in [0.717, 1.165) is 54.1 Å². The summed E-state index contributed by atoms with van der Waals surface area (Å²) in [5, 5.41) is 6.92. The number of hydrogen-bond donors (Lipinski definition) is 0. The highest BCUT2D eigenvalue weighted by molar-refractivity contribution is 6.14. The third kappa shape index (κ3) is 3.24. The van der Waals surface area contributed by atoms with E-state index in [4.69, 9.17) is 9.84 Å². The number of carbonyl (C=O) groups excluding carboxylic acids is 1. The zero-order valence-corrected chi connectivity index (χ0v) is 17.4. The molecule has 0 radical (unpaired) electrons. The number of rotatable bonds is 6. The Kier molecular flexibility index (Phi) is 5.59. The van der Waals surface area contributed by atoms with E-state index in [1.807, 2.05) is 30.3 Å². The number of methoxy groups -OCH3 is 1. The van der Waals surface area contributed by atoms with Gasteiger partial charge in [0.15, 0.2) is 5.84 Å². The molecule has 2 aliphatic rings. The second-order valence-electron chi connectivity index (χ2n) is 7.45. The van der Waals surface area contributed by atoms with E-state index < -0.39 is 0 Å². The van der Waals surface area contributed by atoms with Gasteiger partial charge >= 0.3 is 0 Å². The molecule has 146 valence electrons. The Morgan fingerprint density at radius 1 is 1.26 bits per heavy atom. The first-order valence-corrected chi connectivity index (χ1v) is 10.0. The Labute approximate surface area is 162 Å². The first kappa shape index (κ1) is 19.5. The highest BCUT2D eigenvalue weighted by Crippen LogP contribution is 2.39. The van der Waals surface area contributed by atoms with Crippen molar-refractivity contribution in [3.63, 3.8) is 0 Å². The van der Waals surface area contributed by atoms with Crippen molar-refractivity contribution in [2.75, 3.05) is 14.2 Å². The van der Waals surface area contributed by atoms with Gasteiger partial charge in [-0.2, -0.15) is 5.10 Å². The summed E-state index contributed by atoms with van der Waals surface area (Å²) in [6, 6.07) is 6.19. The molecule has 1 aromatic carbocycles. The maximum absolute atomic E-state index is 13.3. The van der Waals surface area contributed by atoms with Crippen molar-refractivity contribution in [3.05, 3.63) is 40.6 Å². The summed E-state index contributed by atoms with van der Waals surface area (Å²) in [6.45, 7) is 8.67. The van der Waals surface area contributed by atoms with Gasteiger partial charge in [0.1, 0.15) is 11.4 Å². The van der Waals surface area contributed by atoms with Crippen LogP contribution in [0.5, 0.6) is 5.75 Å². The van der Waals surface area contributed by atoms with Gasteiger partial charge in [0, 0.05) is 12.6 Å². The first-order chi connectivity index (χ1) is 13.0. The standard InChI is InChI=1S/C22H31N3O2/c1-7-15(8-2)19-12-14(4)25-20(19)22(26)24(5)21(23-25)18-11-10-17(27-6)13-16(18)9-3/h10-11,13-15H,7-9,12H2,1-6H3. The molecule has 27 heavy (non-hydrogen) atoms. The molecule has 0 N–H and O–H groups in total. The lowest BCUT2D eigenvalue weighted by molar-refractivity contribution is -0.125. The van der Waals surface area contributed by atoms with Crippen LogP contribution in [0, 0.1) is 5.92 Å². The summed E-state index contributed by atoms with van der Waals surface area (Å²) in [6.07, 6.45) is 3.88. The van der Waals surface area contributed by atoms with Crippen LogP contribution in [0.3, 0.4) is 0 Å². The normalized spacial score (nSPS) is 19.7. The smallest absolute Gasteiger partial charge is 0.277 e. The summed E-state index contributed by atoms with van der Waals surface area (Å²) in [4.78, 5) is 15.0. The minimum atomic E-state index is 0.0594. The molecule has 1 amide bonds. The summed E-state index contributed by atoms with van der Waals surface area (Å²) in [7, 11) is 3.51. The largest absolute Gasteiger partial charge is 0.497 e. The molecule has 0 aliphatic carbocycles. The van der Waals surface area contributed by atoms with Crippen LogP contribution in [0.25, 0.3) is 0 Å². The molecule has 0 saturated heterocycles. The van der Waals surface area contributed by atoms with Gasteiger partial charge in [-0.1, -0.05) is 20.8 Å². The van der Waals surface area contributed by atoms with E-state index in [1.165, 1.54) is 5.57 Å². The Morgan fingerprint density at radius 2 is 1.96 bits per heavy atom. The van der Waals surface area contributed by atoms with Crippen LogP contribution >= 0.6 is 0 Å². The lowest BCUT2D eigenvalue weighted by Gasteiger charge is -2.33. The molecule has 0 saturated carbocycles. The fourth-order valence-corrected chi connectivity index (χ4v) is 4.26. The number of carbonyl (C=O) groups is 1. The fourth-order valence-electron chi connectivity index (χ4n) is 4.26. The highest BCUT2D eigenvalue weighted by atomic mass is 16.5. The second-order valence-corrected chi connectivity index (χ2v) is 7.45. The van der Waals surface area contributed by atoms with Gasteiger partial charge in [0.25, 0.3) is 5.91 Å². The van der Waals surface area contributed by atoms with E-state index in [9.17, 15) is 4.79 Å². The number of likely N-dealkylation sites (N-methyl/N-ethyl adjacent to an activating group) is 1. The fraction of sp³-hybridized carbons (Fsp3) is 0.545. The molecule has 0 bridgehead atoms. The highest BCUT2D eigenvalue weighted by Gasteiger charge is 2.41. The predicted octanol–water partition coefficient (Wildman–Crippen LogP) is 4.18. The van der Waals surface area contributed by atoms with Gasteiger partial charge in [-0.05, 0) is 67.9 Å². The quantitative estimate of drug-likeness (QED) is 0.756. The Morgan fingerprint density at radius 3 is 2.56 bits per heavy atom. The molecular weight excluding hydrogens is 338 g/mol. The molecular formula is C22H31N3O2. The van der Waals surface area contributed by atoms with Crippen molar-refractivity contribution in [3.8, 4) is 5.75 Å². The number of hydrazone groups is 1. The lowest BCUT2D eigenvalue weighted by Crippen LogP contribution is -2.45. The molecule has 2 heterocycles. The predicted molar refractivity (Wildman–Crippen MR) is 109 cm³/mol. The average Bonchev–Trinajstić information content (AvgIpc) is 3.01. The van der Waals surface area contributed by atoms with Gasteiger partial charge in [-0.25, -0.2) is 0 Å². The van der Waals surface area contributed by atoms with E-state index in [0.29, 0.717) is 5.92 Å². The van der Waals surface area contributed by atoms with E-state index in [2.05, 4.69) is 27.7 Å². The van der Waals surface area contributed by atoms with E-state index in [-0.39, 0.29) is 11.9 Å². The topological polar surface area (TPSA) is 45.1 Å². The van der Waals surface area contributed by atoms with Crippen molar-refractivity contribution >= 4 is 11.7 Å². The number of aryl methyl sites for hydroxylation is 1. The molecule has 3 rings (SSSR count). The molecule has 0 aromatic heterocycles. The van der Waals surface area contributed by atoms with E-state index in [1.54, 1.807) is 12.0 Å². The molecule has 1 atom stereocenters. The number of ether oxygens (including phenoxy) is 1. The van der Waals surface area contributed by atoms with Crippen LogP contribution in [-0.4, -0.2) is 41.9 Å². The molecule has 5 heteroatoms. The number of hydrogen-bond acceptors (Lipinski definition) is 4. The average molecular weight is 370 g/mol. The third-order valence-electron chi connectivity index (χ3n) is 5.91. The summed E-state index contributed by atoms with van der Waals surface area (Å²) in [5.74, 6) is 2.06. The van der Waals surface area contributed by atoms with Gasteiger partial charge in [0.05, 0.1) is 13.2 Å². The molecule has 2 aliphatic heterocycles. The minimum Gasteiger partial charge on any atom is -0.497 e. The van der Waals surface area contributed by atoms with Crippen molar-refractivity contribution < 1.29 is 9.53 Å². The third-order valence-corrected chi connectivity index (χ3v) is 5.91. The van der Waals surface area contributed by atoms with Crippen LogP contribution < -0.4 is 4.74 Å². The van der Waals surface area contributed by atoms with Crippen molar-refractivity contribution in [2.45, 2.75) is 59.4 Å². The van der Waals surface area contributed by atoms with Gasteiger partial charge < -0.3 is 4.74 Å². The second kappa shape index (κ2) is 7.75. The Balaban J connectivity index is 2.10. The zero-order chi connectivity index (χ0) is 19.7. The van der Waals surface area contributed by atoms with Gasteiger partial charge in [-0.15, -0.1) is 0 Å². The monoisotopic (exact) mass is 369 g/mol. The maximum Gasteiger partial charge on any atom is 0.277 e.